The topological polar surface area (TPSA) is 92.3 Å². The fraction of sp³-hybridized carbons (Fsp3) is 0.136. The van der Waals surface area contributed by atoms with Crippen LogP contribution in [0.15, 0.2) is 67.3 Å². The predicted octanol–water partition coefficient (Wildman–Crippen LogP) is 3.81. The van der Waals surface area contributed by atoms with Gasteiger partial charge in [-0.15, -0.1) is 0 Å². The summed E-state index contributed by atoms with van der Waals surface area (Å²) in [5.41, 5.74) is 4.70. The first-order valence-corrected chi connectivity index (χ1v) is 9.46. The Morgan fingerprint density at radius 2 is 1.90 bits per heavy atom. The van der Waals surface area contributed by atoms with Gasteiger partial charge in [-0.3, -0.25) is 5.10 Å². The van der Waals surface area contributed by atoms with E-state index in [0.717, 1.165) is 39.0 Å². The monoisotopic (exact) mass is 381 g/mol. The summed E-state index contributed by atoms with van der Waals surface area (Å²) >= 11 is 0. The number of fused-ring (bicyclic) bond motifs is 2. The van der Waals surface area contributed by atoms with Gasteiger partial charge >= 0.3 is 0 Å². The average molecular weight is 381 g/mol. The second-order valence-electron chi connectivity index (χ2n) is 6.93. The van der Waals surface area contributed by atoms with Crippen LogP contribution >= 0.6 is 0 Å². The fourth-order valence-electron chi connectivity index (χ4n) is 3.40. The third-order valence-electron chi connectivity index (χ3n) is 5.02. The highest BCUT2D eigenvalue weighted by Gasteiger charge is 2.10. The zero-order valence-electron chi connectivity index (χ0n) is 15.9. The molecule has 2 aromatic carbocycles. The molecule has 0 spiro atoms. The van der Waals surface area contributed by atoms with Gasteiger partial charge in [-0.25, -0.2) is 19.9 Å². The van der Waals surface area contributed by atoms with Gasteiger partial charge in [0, 0.05) is 23.2 Å². The number of hydrogen-bond donors (Lipinski definition) is 2. The Kier molecular flexibility index (Phi) is 4.42. The number of benzene rings is 2. The van der Waals surface area contributed by atoms with Crippen molar-refractivity contribution in [2.75, 3.05) is 0 Å². The third-order valence-corrected chi connectivity index (χ3v) is 5.02. The largest absolute Gasteiger partial charge is 0.303 e. The van der Waals surface area contributed by atoms with Crippen molar-refractivity contribution in [1.82, 2.24) is 35.5 Å². The van der Waals surface area contributed by atoms with E-state index in [1.807, 2.05) is 42.6 Å². The highest BCUT2D eigenvalue weighted by atomic mass is 15.1. The van der Waals surface area contributed by atoms with E-state index in [2.05, 4.69) is 49.5 Å². The van der Waals surface area contributed by atoms with Crippen LogP contribution < -0.4 is 5.32 Å². The summed E-state index contributed by atoms with van der Waals surface area (Å²) in [6.07, 6.45) is 5.15. The van der Waals surface area contributed by atoms with Crippen molar-refractivity contribution in [2.24, 2.45) is 0 Å². The van der Waals surface area contributed by atoms with Gasteiger partial charge in [-0.2, -0.15) is 5.10 Å². The minimum Gasteiger partial charge on any atom is -0.303 e. The zero-order valence-corrected chi connectivity index (χ0v) is 15.9. The lowest BCUT2D eigenvalue weighted by Gasteiger charge is -2.13. The normalized spacial score (nSPS) is 12.4. The van der Waals surface area contributed by atoms with Crippen LogP contribution in [0, 0.1) is 0 Å². The average Bonchev–Trinajstić information content (AvgIpc) is 3.26. The van der Waals surface area contributed by atoms with Crippen molar-refractivity contribution in [3.05, 3.63) is 78.6 Å². The van der Waals surface area contributed by atoms with E-state index in [1.54, 1.807) is 12.5 Å². The van der Waals surface area contributed by atoms with Crippen molar-refractivity contribution in [3.63, 3.8) is 0 Å². The van der Waals surface area contributed by atoms with Crippen LogP contribution in [-0.4, -0.2) is 30.1 Å². The van der Waals surface area contributed by atoms with Crippen LogP contribution in [0.5, 0.6) is 0 Å². The molecule has 3 heterocycles. The Bertz CT molecular complexity index is 1280. The third kappa shape index (κ3) is 3.43. The van der Waals surface area contributed by atoms with Gasteiger partial charge in [-0.05, 0) is 24.6 Å². The Morgan fingerprint density at radius 1 is 1.00 bits per heavy atom. The Balaban J connectivity index is 1.39. The van der Waals surface area contributed by atoms with Gasteiger partial charge < -0.3 is 5.32 Å². The lowest BCUT2D eigenvalue weighted by Crippen LogP contribution is -2.19. The van der Waals surface area contributed by atoms with Gasteiger partial charge in [0.1, 0.15) is 12.2 Å². The molecule has 5 rings (SSSR count). The molecule has 1 atom stereocenters. The highest BCUT2D eigenvalue weighted by Crippen LogP contribution is 2.26. The van der Waals surface area contributed by atoms with Crippen molar-refractivity contribution >= 4 is 21.9 Å². The van der Waals surface area contributed by atoms with Crippen LogP contribution in [0.25, 0.3) is 33.2 Å². The fourth-order valence-corrected chi connectivity index (χ4v) is 3.40. The number of nitrogens with one attached hydrogen (secondary N) is 2. The molecule has 3 aromatic heterocycles. The summed E-state index contributed by atoms with van der Waals surface area (Å²) in [4.78, 5) is 17.9. The van der Waals surface area contributed by atoms with Crippen LogP contribution in [0.4, 0.5) is 0 Å². The standard InChI is InChI=1S/C22H19N7/c1-14(15-5-3-2-4-6-15)23-12-20-24-10-17-9-16(7-8-19(17)28-20)21-18-11-27-29-22(18)26-13-25-21/h2-11,13-14,23H,12H2,1H3,(H,25,26,27,29)/t14-/m1/s1. The number of H-pyrrole nitrogens is 1. The number of hydrogen-bond acceptors (Lipinski definition) is 6. The Morgan fingerprint density at radius 3 is 2.79 bits per heavy atom. The second kappa shape index (κ2) is 7.37. The van der Waals surface area contributed by atoms with Crippen LogP contribution in [0.3, 0.4) is 0 Å². The summed E-state index contributed by atoms with van der Waals surface area (Å²) in [5.74, 6) is 0.771. The van der Waals surface area contributed by atoms with Crippen molar-refractivity contribution in [2.45, 2.75) is 19.5 Å². The molecular formula is C22H19N7. The van der Waals surface area contributed by atoms with E-state index in [4.69, 9.17) is 4.98 Å². The smallest absolute Gasteiger partial charge is 0.159 e. The minimum absolute atomic E-state index is 0.230. The predicted molar refractivity (Wildman–Crippen MR) is 112 cm³/mol. The van der Waals surface area contributed by atoms with Crippen molar-refractivity contribution < 1.29 is 0 Å². The number of rotatable bonds is 5. The minimum atomic E-state index is 0.230. The van der Waals surface area contributed by atoms with E-state index < -0.39 is 0 Å². The van der Waals surface area contributed by atoms with Crippen LogP contribution in [0.1, 0.15) is 24.4 Å². The van der Waals surface area contributed by atoms with E-state index in [0.29, 0.717) is 6.54 Å². The SMILES string of the molecule is C[C@@H](NCc1ncc2cc(-c3ncnc4[nH]ncc34)ccc2n1)c1ccccc1. The Hall–Kier alpha value is -3.71. The lowest BCUT2D eigenvalue weighted by atomic mass is 10.1. The summed E-state index contributed by atoms with van der Waals surface area (Å²) in [5, 5.41) is 12.3. The van der Waals surface area contributed by atoms with E-state index in [-0.39, 0.29) is 6.04 Å². The first-order chi connectivity index (χ1) is 14.3. The molecule has 0 fully saturated rings. The number of aromatic amines is 1. The molecule has 0 saturated heterocycles. The molecule has 29 heavy (non-hydrogen) atoms. The lowest BCUT2D eigenvalue weighted by molar-refractivity contribution is 0.560. The van der Waals surface area contributed by atoms with Crippen molar-refractivity contribution in [3.8, 4) is 11.3 Å². The van der Waals surface area contributed by atoms with Crippen LogP contribution in [-0.2, 0) is 6.54 Å². The molecule has 0 aliphatic carbocycles. The summed E-state index contributed by atoms with van der Waals surface area (Å²) in [6.45, 7) is 2.75. The van der Waals surface area contributed by atoms with Gasteiger partial charge in [0.05, 0.1) is 29.3 Å². The zero-order chi connectivity index (χ0) is 19.6. The quantitative estimate of drug-likeness (QED) is 0.481. The van der Waals surface area contributed by atoms with Gasteiger partial charge in [-0.1, -0.05) is 36.4 Å². The molecule has 0 bridgehead atoms. The van der Waals surface area contributed by atoms with Crippen LogP contribution in [0.2, 0.25) is 0 Å². The number of aromatic nitrogens is 6. The van der Waals surface area contributed by atoms with E-state index in [1.165, 1.54) is 5.56 Å². The van der Waals surface area contributed by atoms with Gasteiger partial charge in [0.15, 0.2) is 5.65 Å². The first-order valence-electron chi connectivity index (χ1n) is 9.46. The molecule has 7 heteroatoms. The summed E-state index contributed by atoms with van der Waals surface area (Å²) in [6, 6.07) is 16.7. The first kappa shape index (κ1) is 17.4. The molecular weight excluding hydrogens is 362 g/mol. The number of nitrogens with zero attached hydrogens (tertiary/aromatic N) is 5. The molecule has 142 valence electrons. The van der Waals surface area contributed by atoms with E-state index >= 15 is 0 Å². The maximum absolute atomic E-state index is 4.70. The van der Waals surface area contributed by atoms with Gasteiger partial charge in [0.2, 0.25) is 0 Å². The molecule has 0 amide bonds. The maximum atomic E-state index is 4.70. The maximum Gasteiger partial charge on any atom is 0.159 e. The van der Waals surface area contributed by atoms with Crippen molar-refractivity contribution in [1.29, 1.82) is 0 Å². The second-order valence-corrected chi connectivity index (χ2v) is 6.93. The van der Waals surface area contributed by atoms with Gasteiger partial charge in [0.25, 0.3) is 0 Å². The molecule has 2 N–H and O–H groups in total. The Labute approximate surface area is 167 Å². The highest BCUT2D eigenvalue weighted by molar-refractivity contribution is 5.92. The molecule has 0 radical (unpaired) electrons. The molecule has 0 aliphatic heterocycles. The molecule has 7 nitrogen and oxygen atoms in total. The summed E-state index contributed by atoms with van der Waals surface area (Å²) in [7, 11) is 0. The molecule has 5 aromatic rings. The molecule has 0 unspecified atom stereocenters. The summed E-state index contributed by atoms with van der Waals surface area (Å²) < 4.78 is 0. The molecule has 0 saturated carbocycles. The molecule has 0 aliphatic rings. The van der Waals surface area contributed by atoms with E-state index in [9.17, 15) is 0 Å².